The molecule has 7 heteroatoms. The molecule has 22 heavy (non-hydrogen) atoms. The second-order valence-electron chi connectivity index (χ2n) is 4.78. The Morgan fingerprint density at radius 1 is 1.09 bits per heavy atom. The number of benzene rings is 1. The highest BCUT2D eigenvalue weighted by Crippen LogP contribution is 2.35. The van der Waals surface area contributed by atoms with Crippen LogP contribution in [0.25, 0.3) is 0 Å². The molecule has 0 fully saturated rings. The van der Waals surface area contributed by atoms with E-state index in [0.29, 0.717) is 22.8 Å². The molecule has 0 saturated carbocycles. The summed E-state index contributed by atoms with van der Waals surface area (Å²) in [7, 11) is 0. The minimum Gasteiger partial charge on any atom is -0.481 e. The highest BCUT2D eigenvalue weighted by molar-refractivity contribution is 5.84. The molecule has 1 unspecified atom stereocenters. The molecule has 0 radical (unpaired) electrons. The summed E-state index contributed by atoms with van der Waals surface area (Å²) in [5.74, 6) is -1.96. The third-order valence-electron chi connectivity index (χ3n) is 3.37. The summed E-state index contributed by atoms with van der Waals surface area (Å²) in [6.45, 7) is 0.108. The number of furan rings is 1. The predicted octanol–water partition coefficient (Wildman–Crippen LogP) is 2.12. The van der Waals surface area contributed by atoms with Crippen LogP contribution in [-0.2, 0) is 11.2 Å². The molecule has 0 bridgehead atoms. The molecule has 2 aromatic rings. The molecule has 0 saturated heterocycles. The van der Waals surface area contributed by atoms with Crippen molar-refractivity contribution in [3.8, 4) is 11.5 Å². The van der Waals surface area contributed by atoms with E-state index in [9.17, 15) is 14.7 Å². The smallest absolute Gasteiger partial charge is 0.371 e. The van der Waals surface area contributed by atoms with Crippen LogP contribution < -0.4 is 9.47 Å². The molecule has 7 nitrogen and oxygen atoms in total. The van der Waals surface area contributed by atoms with Crippen molar-refractivity contribution >= 4 is 11.9 Å². The fraction of sp³-hybridized carbons (Fsp3) is 0.200. The number of ether oxygens (including phenoxy) is 2. The molecular weight excluding hydrogens is 292 g/mol. The lowest BCUT2D eigenvalue weighted by molar-refractivity contribution is -0.138. The van der Waals surface area contributed by atoms with E-state index in [1.807, 2.05) is 0 Å². The molecular formula is C15H12O7. The van der Waals surface area contributed by atoms with Crippen molar-refractivity contribution in [2.75, 3.05) is 6.79 Å². The summed E-state index contributed by atoms with van der Waals surface area (Å²) in [5, 5.41) is 18.2. The second kappa shape index (κ2) is 5.44. The molecule has 1 aliphatic heterocycles. The van der Waals surface area contributed by atoms with E-state index >= 15 is 0 Å². The number of hydrogen-bond acceptors (Lipinski definition) is 5. The van der Waals surface area contributed by atoms with Gasteiger partial charge in [-0.15, -0.1) is 0 Å². The topological polar surface area (TPSA) is 106 Å². The van der Waals surface area contributed by atoms with Gasteiger partial charge >= 0.3 is 11.9 Å². The number of aliphatic carboxylic acids is 1. The highest BCUT2D eigenvalue weighted by Gasteiger charge is 2.25. The molecule has 2 heterocycles. The highest BCUT2D eigenvalue weighted by atomic mass is 16.7. The van der Waals surface area contributed by atoms with E-state index in [2.05, 4.69) is 0 Å². The zero-order chi connectivity index (χ0) is 15.7. The molecule has 0 amide bonds. The minimum atomic E-state index is -1.19. The average molecular weight is 304 g/mol. The predicted molar refractivity (Wildman–Crippen MR) is 72.3 cm³/mol. The number of carboxylic acid groups (broad SMARTS) is 2. The van der Waals surface area contributed by atoms with E-state index in [-0.39, 0.29) is 19.0 Å². The van der Waals surface area contributed by atoms with E-state index in [1.165, 1.54) is 12.1 Å². The molecule has 3 rings (SSSR count). The van der Waals surface area contributed by atoms with Gasteiger partial charge in [-0.05, 0) is 29.8 Å². The molecule has 0 spiro atoms. The Balaban J connectivity index is 1.86. The number of aromatic carboxylic acids is 1. The van der Waals surface area contributed by atoms with Crippen LogP contribution in [0.4, 0.5) is 0 Å². The van der Waals surface area contributed by atoms with Gasteiger partial charge in [0.1, 0.15) is 5.76 Å². The first-order chi connectivity index (χ1) is 10.5. The van der Waals surface area contributed by atoms with Crippen molar-refractivity contribution in [2.45, 2.75) is 12.3 Å². The van der Waals surface area contributed by atoms with Gasteiger partial charge in [-0.2, -0.15) is 0 Å². The van der Waals surface area contributed by atoms with Crippen molar-refractivity contribution in [2.24, 2.45) is 0 Å². The fourth-order valence-electron chi connectivity index (χ4n) is 2.28. The Morgan fingerprint density at radius 3 is 2.55 bits per heavy atom. The second-order valence-corrected chi connectivity index (χ2v) is 4.78. The van der Waals surface area contributed by atoms with E-state index in [4.69, 9.17) is 19.0 Å². The lowest BCUT2D eigenvalue weighted by Gasteiger charge is -2.12. The van der Waals surface area contributed by atoms with Gasteiger partial charge in [0, 0.05) is 6.42 Å². The van der Waals surface area contributed by atoms with Crippen molar-refractivity contribution in [1.82, 2.24) is 0 Å². The first kappa shape index (κ1) is 14.0. The first-order valence-electron chi connectivity index (χ1n) is 6.49. The number of carboxylic acids is 2. The summed E-state index contributed by atoms with van der Waals surface area (Å²) < 4.78 is 15.5. The van der Waals surface area contributed by atoms with Gasteiger partial charge in [0.15, 0.2) is 11.5 Å². The Bertz CT molecular complexity index is 731. The molecule has 0 aliphatic carbocycles. The van der Waals surface area contributed by atoms with Gasteiger partial charge in [-0.25, -0.2) is 4.79 Å². The average Bonchev–Trinajstić information content (AvgIpc) is 3.12. The largest absolute Gasteiger partial charge is 0.481 e. The third-order valence-corrected chi connectivity index (χ3v) is 3.37. The Labute approximate surface area is 124 Å². The van der Waals surface area contributed by atoms with Crippen LogP contribution in [0.5, 0.6) is 11.5 Å². The summed E-state index contributed by atoms with van der Waals surface area (Å²) in [6, 6.07) is 7.68. The summed E-state index contributed by atoms with van der Waals surface area (Å²) in [4.78, 5) is 22.3. The quantitative estimate of drug-likeness (QED) is 0.871. The van der Waals surface area contributed by atoms with Crippen LogP contribution in [0.15, 0.2) is 34.7 Å². The molecule has 1 aliphatic rings. The first-order valence-corrected chi connectivity index (χ1v) is 6.49. The maximum atomic E-state index is 11.5. The maximum absolute atomic E-state index is 11.5. The van der Waals surface area contributed by atoms with Crippen LogP contribution in [0.3, 0.4) is 0 Å². The number of hydrogen-bond donors (Lipinski definition) is 2. The summed E-state index contributed by atoms with van der Waals surface area (Å²) in [6.07, 6.45) is 0.0439. The van der Waals surface area contributed by atoms with Gasteiger partial charge in [0.25, 0.3) is 0 Å². The zero-order valence-electron chi connectivity index (χ0n) is 11.3. The Kier molecular flexibility index (Phi) is 3.46. The number of fused-ring (bicyclic) bond motifs is 1. The Morgan fingerprint density at radius 2 is 1.86 bits per heavy atom. The lowest BCUT2D eigenvalue weighted by Crippen LogP contribution is -2.14. The summed E-state index contributed by atoms with van der Waals surface area (Å²) in [5.41, 5.74) is 0.532. The van der Waals surface area contributed by atoms with Gasteiger partial charge in [-0.3, -0.25) is 4.79 Å². The number of carbonyl (C=O) groups is 2. The van der Waals surface area contributed by atoms with Crippen LogP contribution in [-0.4, -0.2) is 28.9 Å². The van der Waals surface area contributed by atoms with Crippen molar-refractivity contribution in [1.29, 1.82) is 0 Å². The lowest BCUT2D eigenvalue weighted by atomic mass is 9.94. The fourth-order valence-corrected chi connectivity index (χ4v) is 2.28. The third kappa shape index (κ3) is 2.60. The minimum absolute atomic E-state index is 0.0439. The standard InChI is InChI=1S/C15H12O7/c16-14(17)10(6-9-2-4-12(22-9)15(18)19)8-1-3-11-13(5-8)21-7-20-11/h1-5,10H,6-7H2,(H,16,17)(H,18,19). The SMILES string of the molecule is O=C(O)c1ccc(CC(C(=O)O)c2ccc3c(c2)OCO3)o1. The van der Waals surface area contributed by atoms with Gasteiger partial charge in [0.2, 0.25) is 12.6 Å². The van der Waals surface area contributed by atoms with Crippen LogP contribution in [0.2, 0.25) is 0 Å². The van der Waals surface area contributed by atoms with Crippen molar-refractivity contribution in [3.05, 3.63) is 47.4 Å². The summed E-state index contributed by atoms with van der Waals surface area (Å²) >= 11 is 0. The van der Waals surface area contributed by atoms with Crippen LogP contribution >= 0.6 is 0 Å². The molecule has 1 atom stereocenters. The van der Waals surface area contributed by atoms with E-state index in [0.717, 1.165) is 0 Å². The maximum Gasteiger partial charge on any atom is 0.371 e. The van der Waals surface area contributed by atoms with E-state index < -0.39 is 17.9 Å². The molecule has 2 N–H and O–H groups in total. The van der Waals surface area contributed by atoms with Gasteiger partial charge in [-0.1, -0.05) is 6.07 Å². The zero-order valence-corrected chi connectivity index (χ0v) is 11.3. The normalized spacial score (nSPS) is 13.8. The number of rotatable bonds is 5. The Hall–Kier alpha value is -2.96. The van der Waals surface area contributed by atoms with Gasteiger partial charge in [0.05, 0.1) is 5.92 Å². The van der Waals surface area contributed by atoms with Crippen molar-refractivity contribution in [3.63, 3.8) is 0 Å². The van der Waals surface area contributed by atoms with Crippen LogP contribution in [0, 0.1) is 0 Å². The molecule has 1 aromatic carbocycles. The van der Waals surface area contributed by atoms with E-state index in [1.54, 1.807) is 18.2 Å². The van der Waals surface area contributed by atoms with Crippen molar-refractivity contribution < 1.29 is 33.7 Å². The molecule has 114 valence electrons. The van der Waals surface area contributed by atoms with Crippen LogP contribution in [0.1, 0.15) is 27.8 Å². The molecule has 1 aromatic heterocycles. The monoisotopic (exact) mass is 304 g/mol. The van der Waals surface area contributed by atoms with Gasteiger partial charge < -0.3 is 24.1 Å².